The van der Waals surface area contributed by atoms with Gasteiger partial charge in [-0.1, -0.05) is 18.2 Å². The summed E-state index contributed by atoms with van der Waals surface area (Å²) >= 11 is 2.30. The van der Waals surface area contributed by atoms with Gasteiger partial charge in [0, 0.05) is 3.57 Å². The molecule has 0 saturated carbocycles. The number of nitrogens with two attached hydrogens (primary N) is 1. The maximum absolute atomic E-state index is 5.74. The van der Waals surface area contributed by atoms with Crippen molar-refractivity contribution in [1.82, 2.24) is 5.43 Å². The summed E-state index contributed by atoms with van der Waals surface area (Å²) in [5.41, 5.74) is 5.04. The molecule has 3 N–H and O–H groups in total. The van der Waals surface area contributed by atoms with Crippen LogP contribution < -0.4 is 20.7 Å². The minimum atomic E-state index is -0.0689. The number of hydrazine groups is 1. The molecule has 0 aromatic heterocycles. The molecule has 3 rings (SSSR count). The molecule has 104 valence electrons. The fourth-order valence-corrected chi connectivity index (χ4v) is 2.88. The summed E-state index contributed by atoms with van der Waals surface area (Å²) in [5, 5.41) is 0. The number of hydrogen-bond donors (Lipinski definition) is 2. The number of ether oxygens (including phenoxy) is 2. The van der Waals surface area contributed by atoms with Crippen LogP contribution in [0, 0.1) is 3.57 Å². The molecule has 1 aliphatic heterocycles. The molecular weight excluding hydrogens is 367 g/mol. The second kappa shape index (κ2) is 5.99. The monoisotopic (exact) mass is 382 g/mol. The van der Waals surface area contributed by atoms with Crippen LogP contribution in [-0.2, 0) is 0 Å². The summed E-state index contributed by atoms with van der Waals surface area (Å²) in [4.78, 5) is 0. The van der Waals surface area contributed by atoms with Gasteiger partial charge in [-0.15, -0.1) is 0 Å². The molecule has 1 unspecified atom stereocenters. The standard InChI is InChI=1S/C15H15IN2O2/c16-12-3-1-2-10(8-12)15(18-17)11-4-5-13-14(9-11)20-7-6-19-13/h1-5,8-9,15,18H,6-7,17H2. The van der Waals surface area contributed by atoms with Crippen LogP contribution in [0.1, 0.15) is 17.2 Å². The second-order valence-electron chi connectivity index (χ2n) is 4.56. The maximum atomic E-state index is 5.74. The van der Waals surface area contributed by atoms with Gasteiger partial charge in [0.05, 0.1) is 6.04 Å². The fraction of sp³-hybridized carbons (Fsp3) is 0.200. The highest BCUT2D eigenvalue weighted by Gasteiger charge is 2.17. The fourth-order valence-electron chi connectivity index (χ4n) is 2.31. The summed E-state index contributed by atoms with van der Waals surface area (Å²) in [6.45, 7) is 1.18. The number of fused-ring (bicyclic) bond motifs is 1. The first-order valence-corrected chi connectivity index (χ1v) is 7.47. The Morgan fingerprint density at radius 1 is 1.00 bits per heavy atom. The van der Waals surface area contributed by atoms with Gasteiger partial charge in [-0.3, -0.25) is 5.84 Å². The van der Waals surface area contributed by atoms with E-state index in [1.165, 1.54) is 3.57 Å². The van der Waals surface area contributed by atoms with E-state index in [1.54, 1.807) is 0 Å². The zero-order valence-corrected chi connectivity index (χ0v) is 13.0. The van der Waals surface area contributed by atoms with Gasteiger partial charge in [-0.05, 0) is 58.0 Å². The Hall–Kier alpha value is -1.31. The Balaban J connectivity index is 1.97. The molecule has 0 saturated heterocycles. The zero-order valence-electron chi connectivity index (χ0n) is 10.8. The van der Waals surface area contributed by atoms with Gasteiger partial charge in [0.15, 0.2) is 11.5 Å². The van der Waals surface area contributed by atoms with Crippen molar-refractivity contribution < 1.29 is 9.47 Å². The lowest BCUT2D eigenvalue weighted by atomic mass is 9.99. The van der Waals surface area contributed by atoms with E-state index in [1.807, 2.05) is 24.3 Å². The van der Waals surface area contributed by atoms with Crippen LogP contribution >= 0.6 is 22.6 Å². The Morgan fingerprint density at radius 2 is 1.75 bits per heavy atom. The van der Waals surface area contributed by atoms with Crippen LogP contribution in [0.15, 0.2) is 42.5 Å². The largest absolute Gasteiger partial charge is 0.486 e. The van der Waals surface area contributed by atoms with Crippen molar-refractivity contribution in [3.63, 3.8) is 0 Å². The lowest BCUT2D eigenvalue weighted by Gasteiger charge is -2.22. The number of benzene rings is 2. The molecular formula is C15H15IN2O2. The molecule has 1 aliphatic rings. The van der Waals surface area contributed by atoms with Gasteiger partial charge in [-0.25, -0.2) is 5.43 Å². The van der Waals surface area contributed by atoms with Crippen molar-refractivity contribution in [2.75, 3.05) is 13.2 Å². The molecule has 2 aromatic rings. The maximum Gasteiger partial charge on any atom is 0.161 e. The van der Waals surface area contributed by atoms with Crippen LogP contribution in [0.2, 0.25) is 0 Å². The highest BCUT2D eigenvalue weighted by Crippen LogP contribution is 2.34. The van der Waals surface area contributed by atoms with Crippen LogP contribution in [0.3, 0.4) is 0 Å². The smallest absolute Gasteiger partial charge is 0.161 e. The summed E-state index contributed by atoms with van der Waals surface area (Å²) in [7, 11) is 0. The molecule has 0 aliphatic carbocycles. The van der Waals surface area contributed by atoms with Gasteiger partial charge < -0.3 is 9.47 Å². The van der Waals surface area contributed by atoms with E-state index in [9.17, 15) is 0 Å². The van der Waals surface area contributed by atoms with Gasteiger partial charge in [0.1, 0.15) is 13.2 Å². The molecule has 1 atom stereocenters. The minimum absolute atomic E-state index is 0.0689. The van der Waals surface area contributed by atoms with Crippen LogP contribution in [0.25, 0.3) is 0 Å². The SMILES string of the molecule is NNC(c1cccc(I)c1)c1ccc2c(c1)OCCO2. The molecule has 0 fully saturated rings. The molecule has 20 heavy (non-hydrogen) atoms. The summed E-state index contributed by atoms with van der Waals surface area (Å²) in [5.74, 6) is 7.31. The number of halogens is 1. The Kier molecular flexibility index (Phi) is 4.09. The Labute approximate surface area is 131 Å². The van der Waals surface area contributed by atoms with Crippen molar-refractivity contribution in [2.45, 2.75) is 6.04 Å². The Bertz CT molecular complexity index is 619. The first-order chi connectivity index (χ1) is 9.78. The van der Waals surface area contributed by atoms with Crippen molar-refractivity contribution in [2.24, 2.45) is 5.84 Å². The molecule has 4 nitrogen and oxygen atoms in total. The second-order valence-corrected chi connectivity index (χ2v) is 5.80. The third-order valence-corrected chi connectivity index (χ3v) is 3.92. The molecule has 0 bridgehead atoms. The predicted molar refractivity (Wildman–Crippen MR) is 85.8 cm³/mol. The van der Waals surface area contributed by atoms with E-state index in [4.69, 9.17) is 15.3 Å². The van der Waals surface area contributed by atoms with Crippen molar-refractivity contribution in [3.05, 3.63) is 57.2 Å². The Morgan fingerprint density at radius 3 is 2.50 bits per heavy atom. The highest BCUT2D eigenvalue weighted by molar-refractivity contribution is 14.1. The summed E-state index contributed by atoms with van der Waals surface area (Å²) in [6.07, 6.45) is 0. The number of hydrogen-bond acceptors (Lipinski definition) is 4. The third-order valence-electron chi connectivity index (χ3n) is 3.25. The average molecular weight is 382 g/mol. The van der Waals surface area contributed by atoms with Crippen molar-refractivity contribution in [3.8, 4) is 11.5 Å². The van der Waals surface area contributed by atoms with Crippen molar-refractivity contribution >= 4 is 22.6 Å². The third kappa shape index (κ3) is 2.74. The zero-order chi connectivity index (χ0) is 13.9. The lowest BCUT2D eigenvalue weighted by molar-refractivity contribution is 0.171. The topological polar surface area (TPSA) is 56.5 Å². The van der Waals surface area contributed by atoms with Crippen LogP contribution in [0.4, 0.5) is 0 Å². The van der Waals surface area contributed by atoms with E-state index in [0.29, 0.717) is 13.2 Å². The number of rotatable bonds is 3. The molecule has 5 heteroatoms. The van der Waals surface area contributed by atoms with Gasteiger partial charge in [-0.2, -0.15) is 0 Å². The highest BCUT2D eigenvalue weighted by atomic mass is 127. The molecule has 0 radical (unpaired) electrons. The van der Waals surface area contributed by atoms with E-state index in [2.05, 4.69) is 46.2 Å². The average Bonchev–Trinajstić information content (AvgIpc) is 2.48. The van der Waals surface area contributed by atoms with Gasteiger partial charge in [0.25, 0.3) is 0 Å². The first-order valence-electron chi connectivity index (χ1n) is 6.39. The normalized spacial score (nSPS) is 14.9. The summed E-state index contributed by atoms with van der Waals surface area (Å²) < 4.78 is 12.3. The quantitative estimate of drug-likeness (QED) is 0.487. The summed E-state index contributed by atoms with van der Waals surface area (Å²) in [6, 6.07) is 14.1. The van der Waals surface area contributed by atoms with E-state index < -0.39 is 0 Å². The molecule has 1 heterocycles. The van der Waals surface area contributed by atoms with E-state index in [0.717, 1.165) is 22.6 Å². The molecule has 0 spiro atoms. The number of nitrogens with one attached hydrogen (secondary N) is 1. The minimum Gasteiger partial charge on any atom is -0.486 e. The van der Waals surface area contributed by atoms with Crippen LogP contribution in [-0.4, -0.2) is 13.2 Å². The van der Waals surface area contributed by atoms with Gasteiger partial charge >= 0.3 is 0 Å². The molecule has 2 aromatic carbocycles. The lowest BCUT2D eigenvalue weighted by Crippen LogP contribution is -2.29. The van der Waals surface area contributed by atoms with Crippen LogP contribution in [0.5, 0.6) is 11.5 Å². The van der Waals surface area contributed by atoms with Gasteiger partial charge in [0.2, 0.25) is 0 Å². The first kappa shape index (κ1) is 13.7. The predicted octanol–water partition coefficient (Wildman–Crippen LogP) is 2.62. The van der Waals surface area contributed by atoms with E-state index in [-0.39, 0.29) is 6.04 Å². The molecule has 0 amide bonds. The van der Waals surface area contributed by atoms with E-state index >= 15 is 0 Å². The van der Waals surface area contributed by atoms with Crippen molar-refractivity contribution in [1.29, 1.82) is 0 Å².